The molecule has 108 valence electrons. The van der Waals surface area contributed by atoms with Crippen molar-refractivity contribution < 1.29 is 19.4 Å². The van der Waals surface area contributed by atoms with Crippen LogP contribution in [0.4, 0.5) is 0 Å². The van der Waals surface area contributed by atoms with Gasteiger partial charge in [0, 0.05) is 12.1 Å². The number of carbonyl (C=O) groups excluding carboxylic acids is 1. The predicted octanol–water partition coefficient (Wildman–Crippen LogP) is 1.56. The molecular formula is C15H19NO4. The molecule has 1 aromatic carbocycles. The molecule has 0 spiro atoms. The Kier molecular flexibility index (Phi) is 4.39. The van der Waals surface area contributed by atoms with Gasteiger partial charge in [0.15, 0.2) is 0 Å². The van der Waals surface area contributed by atoms with Crippen molar-refractivity contribution in [2.24, 2.45) is 5.92 Å². The molecule has 1 fully saturated rings. The van der Waals surface area contributed by atoms with Crippen LogP contribution < -0.4 is 0 Å². The highest BCUT2D eigenvalue weighted by Crippen LogP contribution is 2.22. The summed E-state index contributed by atoms with van der Waals surface area (Å²) in [4.78, 5) is 25.3. The van der Waals surface area contributed by atoms with Crippen molar-refractivity contribution in [1.29, 1.82) is 0 Å². The van der Waals surface area contributed by atoms with Gasteiger partial charge in [0.25, 0.3) is 5.91 Å². The molecular weight excluding hydrogens is 258 g/mol. The van der Waals surface area contributed by atoms with E-state index in [0.29, 0.717) is 12.1 Å². The second-order valence-corrected chi connectivity index (χ2v) is 5.01. The number of nitrogens with zero attached hydrogens (tertiary/aromatic N) is 1. The zero-order valence-corrected chi connectivity index (χ0v) is 11.7. The van der Waals surface area contributed by atoms with Crippen LogP contribution in [-0.2, 0) is 9.53 Å². The molecule has 1 heterocycles. The number of ether oxygens (including phenoxy) is 1. The van der Waals surface area contributed by atoms with Crippen molar-refractivity contribution in [1.82, 2.24) is 4.90 Å². The standard InChI is InChI=1S/C15H19NO4/c1-3-16(13-9-20-8-12(13)15(18)19)14(17)11-6-4-10(2)5-7-11/h4-7,12-13H,3,8-9H2,1-2H3,(H,18,19). The second-order valence-electron chi connectivity index (χ2n) is 5.01. The number of carboxylic acid groups (broad SMARTS) is 1. The summed E-state index contributed by atoms with van der Waals surface area (Å²) in [6, 6.07) is 6.89. The third kappa shape index (κ3) is 2.82. The molecule has 1 amide bonds. The van der Waals surface area contributed by atoms with E-state index < -0.39 is 17.9 Å². The van der Waals surface area contributed by atoms with Crippen LogP contribution in [0, 0.1) is 12.8 Å². The molecule has 2 rings (SSSR count). The van der Waals surface area contributed by atoms with Crippen LogP contribution in [-0.4, -0.2) is 47.7 Å². The minimum atomic E-state index is -0.914. The largest absolute Gasteiger partial charge is 0.481 e. The van der Waals surface area contributed by atoms with Crippen LogP contribution in [0.5, 0.6) is 0 Å². The zero-order chi connectivity index (χ0) is 14.7. The van der Waals surface area contributed by atoms with Crippen molar-refractivity contribution in [3.63, 3.8) is 0 Å². The fourth-order valence-electron chi connectivity index (χ4n) is 2.48. The number of likely N-dealkylation sites (N-methyl/N-ethyl adjacent to an activating group) is 1. The molecule has 5 nitrogen and oxygen atoms in total. The van der Waals surface area contributed by atoms with E-state index in [1.54, 1.807) is 17.0 Å². The Morgan fingerprint density at radius 1 is 1.30 bits per heavy atom. The molecule has 20 heavy (non-hydrogen) atoms. The molecule has 2 atom stereocenters. The molecule has 0 radical (unpaired) electrons. The first-order valence-electron chi connectivity index (χ1n) is 6.72. The van der Waals surface area contributed by atoms with E-state index in [1.807, 2.05) is 26.0 Å². The summed E-state index contributed by atoms with van der Waals surface area (Å²) in [6.07, 6.45) is 0. The van der Waals surface area contributed by atoms with E-state index in [2.05, 4.69) is 0 Å². The first-order valence-corrected chi connectivity index (χ1v) is 6.72. The number of benzene rings is 1. The Morgan fingerprint density at radius 2 is 1.95 bits per heavy atom. The molecule has 2 unspecified atom stereocenters. The van der Waals surface area contributed by atoms with E-state index in [1.165, 1.54) is 0 Å². The van der Waals surface area contributed by atoms with Crippen LogP contribution in [0.15, 0.2) is 24.3 Å². The summed E-state index contributed by atoms with van der Waals surface area (Å²) in [5.74, 6) is -1.71. The first kappa shape index (κ1) is 14.5. The highest BCUT2D eigenvalue weighted by Gasteiger charge is 2.39. The zero-order valence-electron chi connectivity index (χ0n) is 11.7. The van der Waals surface area contributed by atoms with Gasteiger partial charge in [-0.15, -0.1) is 0 Å². The van der Waals surface area contributed by atoms with Gasteiger partial charge in [0.1, 0.15) is 5.92 Å². The summed E-state index contributed by atoms with van der Waals surface area (Å²) >= 11 is 0. The van der Waals surface area contributed by atoms with Crippen molar-refractivity contribution in [2.45, 2.75) is 19.9 Å². The van der Waals surface area contributed by atoms with E-state index in [0.717, 1.165) is 5.56 Å². The summed E-state index contributed by atoms with van der Waals surface area (Å²) in [5, 5.41) is 9.20. The lowest BCUT2D eigenvalue weighted by Gasteiger charge is -2.29. The molecule has 5 heteroatoms. The predicted molar refractivity (Wildman–Crippen MR) is 73.6 cm³/mol. The van der Waals surface area contributed by atoms with Crippen LogP contribution in [0.3, 0.4) is 0 Å². The molecule has 1 aromatic rings. The minimum Gasteiger partial charge on any atom is -0.481 e. The van der Waals surface area contributed by atoms with Gasteiger partial charge in [0.2, 0.25) is 0 Å². The number of aliphatic carboxylic acids is 1. The molecule has 1 aliphatic rings. The van der Waals surface area contributed by atoms with Crippen molar-refractivity contribution in [3.8, 4) is 0 Å². The lowest BCUT2D eigenvalue weighted by atomic mass is 10.0. The molecule has 0 aliphatic carbocycles. The van der Waals surface area contributed by atoms with E-state index in [9.17, 15) is 14.7 Å². The average Bonchev–Trinajstić information content (AvgIpc) is 2.89. The van der Waals surface area contributed by atoms with E-state index in [4.69, 9.17) is 4.74 Å². The van der Waals surface area contributed by atoms with Crippen molar-refractivity contribution in [3.05, 3.63) is 35.4 Å². The van der Waals surface area contributed by atoms with Crippen LogP contribution in [0.1, 0.15) is 22.8 Å². The Labute approximate surface area is 118 Å². The second kappa shape index (κ2) is 6.05. The van der Waals surface area contributed by atoms with Gasteiger partial charge < -0.3 is 14.7 Å². The summed E-state index contributed by atoms with van der Waals surface area (Å²) in [7, 11) is 0. The monoisotopic (exact) mass is 277 g/mol. The quantitative estimate of drug-likeness (QED) is 0.907. The van der Waals surface area contributed by atoms with Crippen LogP contribution in [0.25, 0.3) is 0 Å². The van der Waals surface area contributed by atoms with Crippen molar-refractivity contribution in [2.75, 3.05) is 19.8 Å². The van der Waals surface area contributed by atoms with E-state index in [-0.39, 0.29) is 19.1 Å². The van der Waals surface area contributed by atoms with E-state index >= 15 is 0 Å². The van der Waals surface area contributed by atoms with Gasteiger partial charge in [-0.3, -0.25) is 9.59 Å². The average molecular weight is 277 g/mol. The molecule has 1 aliphatic heterocycles. The van der Waals surface area contributed by atoms with Gasteiger partial charge in [-0.2, -0.15) is 0 Å². The molecule has 1 N–H and O–H groups in total. The molecule has 0 aromatic heterocycles. The first-order chi connectivity index (χ1) is 9.54. The number of aryl methyl sites for hydroxylation is 1. The summed E-state index contributed by atoms with van der Waals surface area (Å²) in [5.41, 5.74) is 1.66. The maximum Gasteiger partial charge on any atom is 0.311 e. The highest BCUT2D eigenvalue weighted by molar-refractivity contribution is 5.94. The highest BCUT2D eigenvalue weighted by atomic mass is 16.5. The topological polar surface area (TPSA) is 66.8 Å². The fraction of sp³-hybridized carbons (Fsp3) is 0.467. The molecule has 1 saturated heterocycles. The molecule has 0 saturated carbocycles. The lowest BCUT2D eigenvalue weighted by Crippen LogP contribution is -2.46. The van der Waals surface area contributed by atoms with Gasteiger partial charge in [-0.25, -0.2) is 0 Å². The van der Waals surface area contributed by atoms with Gasteiger partial charge in [-0.1, -0.05) is 17.7 Å². The number of amides is 1. The lowest BCUT2D eigenvalue weighted by molar-refractivity contribution is -0.142. The summed E-state index contributed by atoms with van der Waals surface area (Å²) in [6.45, 7) is 4.71. The Bertz CT molecular complexity index is 497. The van der Waals surface area contributed by atoms with Crippen LogP contribution >= 0.6 is 0 Å². The third-order valence-electron chi connectivity index (χ3n) is 3.67. The SMILES string of the molecule is CCN(C(=O)c1ccc(C)cc1)C1COCC1C(=O)O. The number of hydrogen-bond acceptors (Lipinski definition) is 3. The fourth-order valence-corrected chi connectivity index (χ4v) is 2.48. The summed E-state index contributed by atoms with van der Waals surface area (Å²) < 4.78 is 5.24. The molecule has 0 bridgehead atoms. The van der Waals surface area contributed by atoms with Crippen molar-refractivity contribution >= 4 is 11.9 Å². The number of carbonyl (C=O) groups is 2. The minimum absolute atomic E-state index is 0.144. The Balaban J connectivity index is 2.21. The maximum absolute atomic E-state index is 12.5. The smallest absolute Gasteiger partial charge is 0.311 e. The third-order valence-corrected chi connectivity index (χ3v) is 3.67. The Hall–Kier alpha value is -1.88. The number of rotatable bonds is 4. The number of carboxylic acids is 1. The Morgan fingerprint density at radius 3 is 2.50 bits per heavy atom. The van der Waals surface area contributed by atoms with Gasteiger partial charge >= 0.3 is 5.97 Å². The normalized spacial score (nSPS) is 21.7. The van der Waals surface area contributed by atoms with Gasteiger partial charge in [0.05, 0.1) is 19.3 Å². The van der Waals surface area contributed by atoms with Crippen LogP contribution in [0.2, 0.25) is 0 Å². The number of hydrogen-bond donors (Lipinski definition) is 1. The van der Waals surface area contributed by atoms with Gasteiger partial charge in [-0.05, 0) is 26.0 Å². The maximum atomic E-state index is 12.5.